The minimum absolute atomic E-state index is 0.581. The Morgan fingerprint density at radius 3 is 2.59 bits per heavy atom. The van der Waals surface area contributed by atoms with E-state index < -0.39 is 0 Å². The lowest BCUT2D eigenvalue weighted by Gasteiger charge is -2.25. The molecule has 1 unspecified atom stereocenters. The van der Waals surface area contributed by atoms with Crippen molar-refractivity contribution in [2.24, 2.45) is 11.7 Å². The van der Waals surface area contributed by atoms with Crippen LogP contribution in [-0.2, 0) is 6.54 Å². The Morgan fingerprint density at radius 1 is 1.35 bits per heavy atom. The highest BCUT2D eigenvalue weighted by atomic mass is 15.2. The highest BCUT2D eigenvalue weighted by molar-refractivity contribution is 5.42. The van der Waals surface area contributed by atoms with Gasteiger partial charge in [0.15, 0.2) is 0 Å². The number of anilines is 1. The Hall–Kier alpha value is -1.09. The fraction of sp³-hybridized carbons (Fsp3) is 0.643. The molecule has 3 heteroatoms. The molecule has 0 fully saturated rings. The number of nitrogens with two attached hydrogens (primary N) is 1. The molecule has 0 bridgehead atoms. The SMILES string of the molecule is CCC(C)CN(CC)c1cc(CN)cc(C)n1. The Morgan fingerprint density at radius 2 is 2.06 bits per heavy atom. The molecule has 0 aromatic carbocycles. The van der Waals surface area contributed by atoms with Gasteiger partial charge < -0.3 is 10.6 Å². The monoisotopic (exact) mass is 235 g/mol. The zero-order chi connectivity index (χ0) is 12.8. The van der Waals surface area contributed by atoms with Gasteiger partial charge in [-0.25, -0.2) is 4.98 Å². The lowest BCUT2D eigenvalue weighted by Crippen LogP contribution is -2.29. The van der Waals surface area contributed by atoms with Crippen molar-refractivity contribution in [2.45, 2.75) is 40.7 Å². The predicted molar refractivity (Wildman–Crippen MR) is 74.2 cm³/mol. The van der Waals surface area contributed by atoms with E-state index in [0.717, 1.165) is 30.2 Å². The molecule has 1 rings (SSSR count). The summed E-state index contributed by atoms with van der Waals surface area (Å²) in [5.74, 6) is 1.76. The lowest BCUT2D eigenvalue weighted by atomic mass is 10.1. The van der Waals surface area contributed by atoms with Crippen LogP contribution in [-0.4, -0.2) is 18.1 Å². The molecule has 1 atom stereocenters. The van der Waals surface area contributed by atoms with E-state index in [1.165, 1.54) is 6.42 Å². The normalized spacial score (nSPS) is 12.5. The number of hydrogen-bond donors (Lipinski definition) is 1. The maximum atomic E-state index is 5.71. The predicted octanol–water partition coefficient (Wildman–Crippen LogP) is 2.72. The Bertz CT molecular complexity index is 349. The fourth-order valence-corrected chi connectivity index (χ4v) is 1.89. The van der Waals surface area contributed by atoms with Gasteiger partial charge in [0.05, 0.1) is 0 Å². The van der Waals surface area contributed by atoms with Gasteiger partial charge >= 0.3 is 0 Å². The maximum Gasteiger partial charge on any atom is 0.129 e. The van der Waals surface area contributed by atoms with Gasteiger partial charge in [0.25, 0.3) is 0 Å². The van der Waals surface area contributed by atoms with Crippen LogP contribution in [0, 0.1) is 12.8 Å². The summed E-state index contributed by atoms with van der Waals surface area (Å²) in [6.45, 7) is 11.3. The first-order chi connectivity index (χ1) is 8.10. The van der Waals surface area contributed by atoms with Crippen LogP contribution in [0.2, 0.25) is 0 Å². The zero-order valence-electron chi connectivity index (χ0n) is 11.5. The smallest absolute Gasteiger partial charge is 0.129 e. The highest BCUT2D eigenvalue weighted by Crippen LogP contribution is 2.17. The van der Waals surface area contributed by atoms with Crippen LogP contribution in [0.25, 0.3) is 0 Å². The van der Waals surface area contributed by atoms with E-state index >= 15 is 0 Å². The summed E-state index contributed by atoms with van der Waals surface area (Å²) in [5, 5.41) is 0. The molecule has 0 saturated carbocycles. The summed E-state index contributed by atoms with van der Waals surface area (Å²) in [7, 11) is 0. The van der Waals surface area contributed by atoms with Crippen LogP contribution in [0.3, 0.4) is 0 Å². The largest absolute Gasteiger partial charge is 0.357 e. The zero-order valence-corrected chi connectivity index (χ0v) is 11.5. The van der Waals surface area contributed by atoms with Crippen LogP contribution in [0.5, 0.6) is 0 Å². The van der Waals surface area contributed by atoms with Gasteiger partial charge in [-0.1, -0.05) is 20.3 Å². The molecule has 0 spiro atoms. The lowest BCUT2D eigenvalue weighted by molar-refractivity contribution is 0.545. The summed E-state index contributed by atoms with van der Waals surface area (Å²) < 4.78 is 0. The third-order valence-electron chi connectivity index (χ3n) is 3.17. The van der Waals surface area contributed by atoms with E-state index in [0.29, 0.717) is 12.5 Å². The highest BCUT2D eigenvalue weighted by Gasteiger charge is 2.10. The average molecular weight is 235 g/mol. The standard InChI is InChI=1S/C14H25N3/c1-5-11(3)10-17(6-2)14-8-13(9-15)7-12(4)16-14/h7-8,11H,5-6,9-10,15H2,1-4H3. The summed E-state index contributed by atoms with van der Waals surface area (Å²) in [6.07, 6.45) is 1.20. The first-order valence-corrected chi connectivity index (χ1v) is 6.53. The third-order valence-corrected chi connectivity index (χ3v) is 3.17. The van der Waals surface area contributed by atoms with Crippen molar-refractivity contribution >= 4 is 5.82 Å². The van der Waals surface area contributed by atoms with Gasteiger partial charge in [0.2, 0.25) is 0 Å². The van der Waals surface area contributed by atoms with Crippen LogP contribution in [0.1, 0.15) is 38.4 Å². The molecular formula is C14H25N3. The van der Waals surface area contributed by atoms with Gasteiger partial charge in [0.1, 0.15) is 5.82 Å². The number of aromatic nitrogens is 1. The molecule has 1 aromatic rings. The second-order valence-corrected chi connectivity index (χ2v) is 4.73. The molecule has 1 heterocycles. The van der Waals surface area contributed by atoms with Crippen molar-refractivity contribution in [3.8, 4) is 0 Å². The molecule has 96 valence electrons. The van der Waals surface area contributed by atoms with Gasteiger partial charge in [0, 0.05) is 25.3 Å². The summed E-state index contributed by atoms with van der Waals surface area (Å²) in [6, 6.07) is 4.17. The second kappa shape index (κ2) is 6.60. The third kappa shape index (κ3) is 4.00. The van der Waals surface area contributed by atoms with Crippen molar-refractivity contribution in [1.82, 2.24) is 4.98 Å². The molecule has 2 N–H and O–H groups in total. The molecular weight excluding hydrogens is 210 g/mol. The second-order valence-electron chi connectivity index (χ2n) is 4.73. The van der Waals surface area contributed by atoms with Gasteiger partial charge in [-0.3, -0.25) is 0 Å². The molecule has 0 radical (unpaired) electrons. The molecule has 0 amide bonds. The van der Waals surface area contributed by atoms with Crippen molar-refractivity contribution in [1.29, 1.82) is 0 Å². The summed E-state index contributed by atoms with van der Waals surface area (Å²) >= 11 is 0. The molecule has 0 saturated heterocycles. The van der Waals surface area contributed by atoms with Gasteiger partial charge in [-0.05, 0) is 37.5 Å². The van der Waals surface area contributed by atoms with Crippen LogP contribution in [0.15, 0.2) is 12.1 Å². The summed E-state index contributed by atoms with van der Waals surface area (Å²) in [4.78, 5) is 6.94. The minimum Gasteiger partial charge on any atom is -0.357 e. The van der Waals surface area contributed by atoms with E-state index in [1.807, 2.05) is 6.92 Å². The van der Waals surface area contributed by atoms with Gasteiger partial charge in [-0.15, -0.1) is 0 Å². The first-order valence-electron chi connectivity index (χ1n) is 6.53. The van der Waals surface area contributed by atoms with Crippen LogP contribution in [0.4, 0.5) is 5.82 Å². The topological polar surface area (TPSA) is 42.1 Å². The van der Waals surface area contributed by atoms with E-state index in [-0.39, 0.29) is 0 Å². The Labute approximate surface area is 105 Å². The van der Waals surface area contributed by atoms with E-state index in [2.05, 4.69) is 42.8 Å². The number of nitrogens with zero attached hydrogens (tertiary/aromatic N) is 2. The molecule has 0 aliphatic carbocycles. The number of aryl methyl sites for hydroxylation is 1. The number of pyridine rings is 1. The van der Waals surface area contributed by atoms with Crippen molar-refractivity contribution in [2.75, 3.05) is 18.0 Å². The first kappa shape index (κ1) is 14.0. The Balaban J connectivity index is 2.90. The molecule has 0 aliphatic heterocycles. The van der Waals surface area contributed by atoms with Crippen molar-refractivity contribution < 1.29 is 0 Å². The summed E-state index contributed by atoms with van der Waals surface area (Å²) in [5.41, 5.74) is 7.92. The quantitative estimate of drug-likeness (QED) is 0.824. The molecule has 3 nitrogen and oxygen atoms in total. The van der Waals surface area contributed by atoms with Crippen LogP contribution >= 0.6 is 0 Å². The van der Waals surface area contributed by atoms with Crippen LogP contribution < -0.4 is 10.6 Å². The van der Waals surface area contributed by atoms with E-state index in [4.69, 9.17) is 5.73 Å². The van der Waals surface area contributed by atoms with Crippen molar-refractivity contribution in [3.05, 3.63) is 23.4 Å². The Kier molecular flexibility index (Phi) is 5.42. The van der Waals surface area contributed by atoms with Gasteiger partial charge in [-0.2, -0.15) is 0 Å². The molecule has 1 aromatic heterocycles. The van der Waals surface area contributed by atoms with E-state index in [1.54, 1.807) is 0 Å². The molecule has 17 heavy (non-hydrogen) atoms. The maximum absolute atomic E-state index is 5.71. The minimum atomic E-state index is 0.581. The molecule has 0 aliphatic rings. The number of hydrogen-bond acceptors (Lipinski definition) is 3. The van der Waals surface area contributed by atoms with Crippen molar-refractivity contribution in [3.63, 3.8) is 0 Å². The average Bonchev–Trinajstić information content (AvgIpc) is 2.34. The number of rotatable bonds is 6. The fourth-order valence-electron chi connectivity index (χ4n) is 1.89. The van der Waals surface area contributed by atoms with E-state index in [9.17, 15) is 0 Å².